The van der Waals surface area contributed by atoms with E-state index in [-0.39, 0.29) is 42.4 Å². The lowest BCUT2D eigenvalue weighted by Gasteiger charge is -2.18. The van der Waals surface area contributed by atoms with Gasteiger partial charge in [0.05, 0.1) is 6.54 Å². The summed E-state index contributed by atoms with van der Waals surface area (Å²) >= 11 is 0. The third-order valence-corrected chi connectivity index (χ3v) is 4.49. The highest BCUT2D eigenvalue weighted by Gasteiger charge is 2.20. The fourth-order valence-corrected chi connectivity index (χ4v) is 2.90. The number of nitrogens with zero attached hydrogens (tertiary/aromatic N) is 1. The summed E-state index contributed by atoms with van der Waals surface area (Å²) in [5.41, 5.74) is 0. The van der Waals surface area contributed by atoms with Crippen LogP contribution in [0.1, 0.15) is 32.6 Å². The van der Waals surface area contributed by atoms with Gasteiger partial charge in [-0.15, -0.1) is 0 Å². The Morgan fingerprint density at radius 1 is 1.27 bits per heavy atom. The molecule has 1 heterocycles. The molecule has 2 aliphatic rings. The number of carbonyl (C=O) groups excluding carboxylic acids is 3. The molecule has 0 spiro atoms. The van der Waals surface area contributed by atoms with E-state index >= 15 is 0 Å². The van der Waals surface area contributed by atoms with Gasteiger partial charge < -0.3 is 20.6 Å². The Labute approximate surface area is 153 Å². The summed E-state index contributed by atoms with van der Waals surface area (Å²) in [6.07, 6.45) is 11.6. The van der Waals surface area contributed by atoms with E-state index < -0.39 is 6.04 Å². The third-order valence-electron chi connectivity index (χ3n) is 4.49. The summed E-state index contributed by atoms with van der Waals surface area (Å²) in [7, 11) is 0. The minimum Gasteiger partial charge on any atom is -0.508 e. The Balaban J connectivity index is 1.66. The lowest BCUT2D eigenvalue weighted by Crippen LogP contribution is -2.47. The number of hydrogen-bond donors (Lipinski definition) is 3. The van der Waals surface area contributed by atoms with Crippen LogP contribution in [0.5, 0.6) is 0 Å². The van der Waals surface area contributed by atoms with Crippen LogP contribution >= 0.6 is 0 Å². The molecule has 7 nitrogen and oxygen atoms in total. The number of rotatable bonds is 7. The topological polar surface area (TPSA) is 98.7 Å². The molecule has 26 heavy (non-hydrogen) atoms. The maximum Gasteiger partial charge on any atom is 0.242 e. The Morgan fingerprint density at radius 3 is 2.73 bits per heavy atom. The Kier molecular flexibility index (Phi) is 7.44. The molecule has 1 fully saturated rings. The fraction of sp³-hybridized carbons (Fsp3) is 0.526. The van der Waals surface area contributed by atoms with Gasteiger partial charge in [-0.05, 0) is 44.3 Å². The maximum atomic E-state index is 12.0. The van der Waals surface area contributed by atoms with Crippen molar-refractivity contribution >= 4 is 17.7 Å². The van der Waals surface area contributed by atoms with Gasteiger partial charge in [0.15, 0.2) is 0 Å². The summed E-state index contributed by atoms with van der Waals surface area (Å²) in [4.78, 5) is 37.7. The largest absolute Gasteiger partial charge is 0.508 e. The number of carbonyl (C=O) groups is 3. The van der Waals surface area contributed by atoms with Crippen molar-refractivity contribution in [2.24, 2.45) is 5.92 Å². The van der Waals surface area contributed by atoms with Crippen LogP contribution in [-0.2, 0) is 14.4 Å². The lowest BCUT2D eigenvalue weighted by molar-refractivity contribution is -0.133. The summed E-state index contributed by atoms with van der Waals surface area (Å²) in [6.45, 7) is 3.06. The number of aliphatic hydroxyl groups excluding tert-OH is 1. The molecule has 3 N–H and O–H groups in total. The van der Waals surface area contributed by atoms with Gasteiger partial charge in [0.2, 0.25) is 17.7 Å². The molecule has 2 unspecified atom stereocenters. The zero-order chi connectivity index (χ0) is 18.9. The van der Waals surface area contributed by atoms with Crippen LogP contribution in [-0.4, -0.2) is 53.4 Å². The van der Waals surface area contributed by atoms with Crippen LogP contribution in [0.2, 0.25) is 0 Å². The quantitative estimate of drug-likeness (QED) is 0.634. The molecule has 142 valence electrons. The summed E-state index contributed by atoms with van der Waals surface area (Å²) in [6, 6.07) is -0.695. The second-order valence-electron chi connectivity index (χ2n) is 6.63. The first-order chi connectivity index (χ1) is 12.5. The van der Waals surface area contributed by atoms with E-state index in [4.69, 9.17) is 0 Å². The van der Waals surface area contributed by atoms with Gasteiger partial charge in [-0.1, -0.05) is 18.2 Å². The molecule has 0 aromatic carbocycles. The smallest absolute Gasteiger partial charge is 0.242 e. The van der Waals surface area contributed by atoms with Crippen LogP contribution in [0.3, 0.4) is 0 Å². The van der Waals surface area contributed by atoms with Crippen molar-refractivity contribution in [3.05, 3.63) is 36.1 Å². The highest BCUT2D eigenvalue weighted by molar-refractivity contribution is 5.90. The standard InChI is InChI=1S/C19H27N3O4/c1-14(19(26)20-13-18(25)22-11-2-3-12-22)21-17(24)10-8-15-5-4-6-16(23)9-7-15/h4-7,9,14-15,23H,2-3,8,10-13H2,1H3,(H,20,26)(H,21,24). The number of likely N-dealkylation sites (tertiary alicyclic amines) is 1. The van der Waals surface area contributed by atoms with E-state index in [0.29, 0.717) is 6.42 Å². The molecule has 0 saturated carbocycles. The molecule has 0 aromatic rings. The molecule has 7 heteroatoms. The molecule has 2 rings (SSSR count). The Bertz CT molecular complexity index is 618. The predicted octanol–water partition coefficient (Wildman–Crippen LogP) is 1.19. The SMILES string of the molecule is CC(NC(=O)CCC1C=CC=C(O)C=C1)C(=O)NCC(=O)N1CCCC1. The van der Waals surface area contributed by atoms with Gasteiger partial charge in [-0.2, -0.15) is 0 Å². The zero-order valence-corrected chi connectivity index (χ0v) is 15.1. The van der Waals surface area contributed by atoms with Crippen molar-refractivity contribution in [2.75, 3.05) is 19.6 Å². The fourth-order valence-electron chi connectivity index (χ4n) is 2.90. The third kappa shape index (κ3) is 6.38. The molecule has 2 atom stereocenters. The number of aliphatic hydroxyl groups is 1. The first-order valence-electron chi connectivity index (χ1n) is 9.06. The van der Waals surface area contributed by atoms with Crippen molar-refractivity contribution in [3.63, 3.8) is 0 Å². The number of allylic oxidation sites excluding steroid dienone is 5. The van der Waals surface area contributed by atoms with Crippen molar-refractivity contribution in [3.8, 4) is 0 Å². The van der Waals surface area contributed by atoms with Crippen LogP contribution in [0.4, 0.5) is 0 Å². The first kappa shape index (κ1) is 19.8. The van der Waals surface area contributed by atoms with Crippen molar-refractivity contribution < 1.29 is 19.5 Å². The normalized spacial score (nSPS) is 20.3. The minimum absolute atomic E-state index is 0.0345. The molecule has 1 aliphatic heterocycles. The van der Waals surface area contributed by atoms with Crippen molar-refractivity contribution in [1.29, 1.82) is 0 Å². The van der Waals surface area contributed by atoms with E-state index in [2.05, 4.69) is 10.6 Å². The monoisotopic (exact) mass is 361 g/mol. The highest BCUT2D eigenvalue weighted by Crippen LogP contribution is 2.14. The predicted molar refractivity (Wildman–Crippen MR) is 98.1 cm³/mol. The van der Waals surface area contributed by atoms with Gasteiger partial charge in [0.25, 0.3) is 0 Å². The average Bonchev–Trinajstić information content (AvgIpc) is 3.08. The van der Waals surface area contributed by atoms with E-state index in [1.54, 1.807) is 30.1 Å². The van der Waals surface area contributed by atoms with E-state index in [0.717, 1.165) is 25.9 Å². The molecule has 1 aliphatic carbocycles. The molecule has 3 amide bonds. The second kappa shape index (κ2) is 9.79. The first-order valence-corrected chi connectivity index (χ1v) is 9.06. The summed E-state index contributed by atoms with van der Waals surface area (Å²) in [5.74, 6) is -0.431. The molecule has 1 saturated heterocycles. The molecule has 0 aromatic heterocycles. The average molecular weight is 361 g/mol. The van der Waals surface area contributed by atoms with Gasteiger partial charge in [0.1, 0.15) is 11.8 Å². The van der Waals surface area contributed by atoms with Crippen LogP contribution in [0.15, 0.2) is 36.1 Å². The van der Waals surface area contributed by atoms with Crippen LogP contribution < -0.4 is 10.6 Å². The van der Waals surface area contributed by atoms with E-state index in [1.807, 2.05) is 12.2 Å². The van der Waals surface area contributed by atoms with Crippen LogP contribution in [0.25, 0.3) is 0 Å². The molecular weight excluding hydrogens is 334 g/mol. The van der Waals surface area contributed by atoms with Crippen LogP contribution in [0, 0.1) is 5.92 Å². The lowest BCUT2D eigenvalue weighted by atomic mass is 10.0. The maximum absolute atomic E-state index is 12.0. The van der Waals surface area contributed by atoms with Crippen molar-refractivity contribution in [1.82, 2.24) is 15.5 Å². The Hall–Kier alpha value is -2.57. The number of hydrogen-bond acceptors (Lipinski definition) is 4. The van der Waals surface area contributed by atoms with Gasteiger partial charge in [0, 0.05) is 19.5 Å². The van der Waals surface area contributed by atoms with Gasteiger partial charge in [-0.3, -0.25) is 14.4 Å². The summed E-state index contributed by atoms with van der Waals surface area (Å²) in [5, 5.41) is 14.6. The van der Waals surface area contributed by atoms with Gasteiger partial charge in [-0.25, -0.2) is 0 Å². The zero-order valence-electron chi connectivity index (χ0n) is 15.1. The van der Waals surface area contributed by atoms with Crippen molar-refractivity contribution in [2.45, 2.75) is 38.6 Å². The van der Waals surface area contributed by atoms with Gasteiger partial charge >= 0.3 is 0 Å². The molecular formula is C19H27N3O4. The minimum atomic E-state index is -0.695. The second-order valence-corrected chi connectivity index (χ2v) is 6.63. The van der Waals surface area contributed by atoms with E-state index in [1.165, 1.54) is 0 Å². The summed E-state index contributed by atoms with van der Waals surface area (Å²) < 4.78 is 0. The Morgan fingerprint density at radius 2 is 2.00 bits per heavy atom. The number of amides is 3. The van der Waals surface area contributed by atoms with E-state index in [9.17, 15) is 19.5 Å². The number of nitrogens with one attached hydrogen (secondary N) is 2. The molecule has 0 bridgehead atoms. The molecule has 0 radical (unpaired) electrons. The highest BCUT2D eigenvalue weighted by atomic mass is 16.3.